The molecule has 0 spiro atoms. The number of ketones is 1. The Morgan fingerprint density at radius 2 is 1.58 bits per heavy atom. The molecule has 0 atom stereocenters. The Morgan fingerprint density at radius 3 is 2.19 bits per heavy atom. The van der Waals surface area contributed by atoms with Crippen LogP contribution >= 0.6 is 0 Å². The minimum absolute atomic E-state index is 0.0982. The summed E-state index contributed by atoms with van der Waals surface area (Å²) in [5.74, 6) is -1.13. The van der Waals surface area contributed by atoms with E-state index in [4.69, 9.17) is 14.9 Å². The molecule has 1 amide bonds. The van der Waals surface area contributed by atoms with E-state index in [0.29, 0.717) is 35.9 Å². The monoisotopic (exact) mass is 494 g/mol. The highest BCUT2D eigenvalue weighted by molar-refractivity contribution is 6.00. The molecule has 36 heavy (non-hydrogen) atoms. The maximum Gasteiger partial charge on any atom is 0.328 e. The molecule has 0 aliphatic carbocycles. The molecule has 4 rings (SSSR count). The van der Waals surface area contributed by atoms with E-state index in [2.05, 4.69) is 4.90 Å². The topological polar surface area (TPSA) is 124 Å². The number of rotatable bonds is 8. The van der Waals surface area contributed by atoms with E-state index in [0.717, 1.165) is 50.1 Å². The lowest BCUT2D eigenvalue weighted by Gasteiger charge is -2.33. The van der Waals surface area contributed by atoms with Crippen LogP contribution in [0.4, 0.5) is 0 Å². The molecule has 0 radical (unpaired) electrons. The van der Waals surface area contributed by atoms with Crippen LogP contribution in [0.3, 0.4) is 0 Å². The van der Waals surface area contributed by atoms with Crippen molar-refractivity contribution in [3.8, 4) is 5.75 Å². The predicted octanol–water partition coefficient (Wildman–Crippen LogP) is 2.96. The highest BCUT2D eigenvalue weighted by Crippen LogP contribution is 2.26. The zero-order chi connectivity index (χ0) is 26.1. The molecule has 0 bridgehead atoms. The highest BCUT2D eigenvalue weighted by atomic mass is 16.5. The van der Waals surface area contributed by atoms with Gasteiger partial charge in [-0.25, -0.2) is 9.59 Å². The molecule has 2 aliphatic rings. The molecule has 2 N–H and O–H groups in total. The van der Waals surface area contributed by atoms with Crippen molar-refractivity contribution < 1.29 is 34.1 Å². The Labute approximate surface area is 209 Å². The molecule has 9 nitrogen and oxygen atoms in total. The number of amides is 1. The van der Waals surface area contributed by atoms with Crippen molar-refractivity contribution in [1.82, 2.24) is 9.80 Å². The zero-order valence-electron chi connectivity index (χ0n) is 20.1. The summed E-state index contributed by atoms with van der Waals surface area (Å²) in [6.07, 6.45) is 3.14. The third-order valence-electron chi connectivity index (χ3n) is 6.23. The van der Waals surface area contributed by atoms with Gasteiger partial charge in [0, 0.05) is 30.8 Å². The number of hydrogen-bond donors (Lipinski definition) is 2. The lowest BCUT2D eigenvalue weighted by atomic mass is 9.95. The van der Waals surface area contributed by atoms with Gasteiger partial charge in [-0.15, -0.1) is 0 Å². The second-order valence-corrected chi connectivity index (χ2v) is 8.70. The first-order chi connectivity index (χ1) is 17.3. The number of benzene rings is 2. The van der Waals surface area contributed by atoms with Crippen LogP contribution < -0.4 is 4.74 Å². The number of carboxylic acids is 2. The fourth-order valence-corrected chi connectivity index (χ4v) is 4.41. The van der Waals surface area contributed by atoms with Crippen LogP contribution in [0.1, 0.15) is 39.1 Å². The second-order valence-electron chi connectivity index (χ2n) is 8.70. The first-order valence-electron chi connectivity index (χ1n) is 11.7. The number of ether oxygens (including phenoxy) is 1. The minimum Gasteiger partial charge on any atom is -0.496 e. The van der Waals surface area contributed by atoms with Gasteiger partial charge in [0.05, 0.1) is 19.2 Å². The summed E-state index contributed by atoms with van der Waals surface area (Å²) in [5, 5.41) is 15.6. The number of para-hydroxylation sites is 1. The Bertz CT molecular complexity index is 1120. The van der Waals surface area contributed by atoms with Crippen LogP contribution in [0, 0.1) is 5.92 Å². The van der Waals surface area contributed by atoms with Gasteiger partial charge < -0.3 is 19.8 Å². The lowest BCUT2D eigenvalue weighted by molar-refractivity contribution is -0.134. The maximum absolute atomic E-state index is 12.6. The maximum atomic E-state index is 12.6. The Balaban J connectivity index is 0.000000392. The second kappa shape index (κ2) is 12.6. The molecule has 0 saturated carbocycles. The third-order valence-corrected chi connectivity index (χ3v) is 6.23. The molecule has 2 aromatic rings. The molecule has 0 aromatic heterocycles. The van der Waals surface area contributed by atoms with E-state index in [-0.39, 0.29) is 11.7 Å². The molecule has 2 aromatic carbocycles. The van der Waals surface area contributed by atoms with Crippen molar-refractivity contribution >= 4 is 23.6 Å². The third kappa shape index (κ3) is 7.26. The van der Waals surface area contributed by atoms with Crippen LogP contribution in [-0.2, 0) is 16.1 Å². The molecule has 1 fully saturated rings. The van der Waals surface area contributed by atoms with E-state index in [1.165, 1.54) is 0 Å². The van der Waals surface area contributed by atoms with Crippen molar-refractivity contribution in [1.29, 1.82) is 0 Å². The number of carbonyl (C=O) groups is 4. The molecule has 2 aliphatic heterocycles. The van der Waals surface area contributed by atoms with Gasteiger partial charge in [0.1, 0.15) is 5.75 Å². The standard InChI is InChI=1S/C23H26N2O3.C4H4O4/c1-28-22-9-5-4-8-20(22)21(26)16-24-12-10-17(11-13-24)14-25-15-18-6-2-3-7-19(18)23(25)27;5-3(6)1-2-4(7)8/h2-9,17H,10-16H2,1H3;1-2H,(H,5,6)(H,7,8)/b;2-1+. The first kappa shape index (κ1) is 26.6. The Hall–Kier alpha value is -3.98. The number of fused-ring (bicyclic) bond motifs is 1. The van der Waals surface area contributed by atoms with Crippen LogP contribution in [0.15, 0.2) is 60.7 Å². The Morgan fingerprint density at radius 1 is 0.972 bits per heavy atom. The minimum atomic E-state index is -1.26. The number of nitrogens with zero attached hydrogens (tertiary/aromatic N) is 2. The van der Waals surface area contributed by atoms with Crippen molar-refractivity contribution in [2.24, 2.45) is 5.92 Å². The highest BCUT2D eigenvalue weighted by Gasteiger charge is 2.30. The number of hydrogen-bond acceptors (Lipinski definition) is 6. The van der Waals surface area contributed by atoms with Crippen molar-refractivity contribution in [2.45, 2.75) is 19.4 Å². The molecule has 1 saturated heterocycles. The summed E-state index contributed by atoms with van der Waals surface area (Å²) < 4.78 is 5.31. The van der Waals surface area contributed by atoms with Gasteiger partial charge >= 0.3 is 11.9 Å². The van der Waals surface area contributed by atoms with Crippen LogP contribution in [0.2, 0.25) is 0 Å². The first-order valence-corrected chi connectivity index (χ1v) is 11.7. The van der Waals surface area contributed by atoms with Gasteiger partial charge in [0.15, 0.2) is 5.78 Å². The van der Waals surface area contributed by atoms with Crippen LogP contribution in [-0.4, -0.2) is 76.9 Å². The largest absolute Gasteiger partial charge is 0.496 e. The van der Waals surface area contributed by atoms with E-state index in [1.807, 2.05) is 53.4 Å². The zero-order valence-corrected chi connectivity index (χ0v) is 20.1. The normalized spacial score (nSPS) is 15.8. The molecule has 2 heterocycles. The van der Waals surface area contributed by atoms with E-state index < -0.39 is 11.9 Å². The smallest absolute Gasteiger partial charge is 0.328 e. The van der Waals surface area contributed by atoms with Crippen molar-refractivity contribution in [2.75, 3.05) is 33.3 Å². The summed E-state index contributed by atoms with van der Waals surface area (Å²) in [7, 11) is 1.59. The van der Waals surface area contributed by atoms with Crippen LogP contribution in [0.5, 0.6) is 5.75 Å². The van der Waals surface area contributed by atoms with E-state index in [1.54, 1.807) is 7.11 Å². The number of carbonyl (C=O) groups excluding carboxylic acids is 2. The molecular formula is C27H30N2O7. The van der Waals surface area contributed by atoms with Crippen molar-refractivity contribution in [3.05, 3.63) is 77.4 Å². The number of aliphatic carboxylic acids is 2. The average Bonchev–Trinajstić information content (AvgIpc) is 3.19. The number of carboxylic acid groups (broad SMARTS) is 2. The van der Waals surface area contributed by atoms with Gasteiger partial charge in [0.25, 0.3) is 5.91 Å². The van der Waals surface area contributed by atoms with Crippen molar-refractivity contribution in [3.63, 3.8) is 0 Å². The average molecular weight is 495 g/mol. The van der Waals surface area contributed by atoms with Gasteiger partial charge in [-0.3, -0.25) is 14.5 Å². The van der Waals surface area contributed by atoms with Gasteiger partial charge in [-0.2, -0.15) is 0 Å². The molecule has 190 valence electrons. The quantitative estimate of drug-likeness (QED) is 0.424. The van der Waals surface area contributed by atoms with E-state index in [9.17, 15) is 19.2 Å². The predicted molar refractivity (Wildman–Crippen MR) is 132 cm³/mol. The van der Waals surface area contributed by atoms with Crippen LogP contribution in [0.25, 0.3) is 0 Å². The number of piperidine rings is 1. The van der Waals surface area contributed by atoms with Gasteiger partial charge in [-0.05, 0) is 55.6 Å². The Kier molecular flexibility index (Phi) is 9.35. The number of methoxy groups -OCH3 is 1. The fourth-order valence-electron chi connectivity index (χ4n) is 4.41. The summed E-state index contributed by atoms with van der Waals surface area (Å²) >= 11 is 0. The molecular weight excluding hydrogens is 464 g/mol. The summed E-state index contributed by atoms with van der Waals surface area (Å²) in [6, 6.07) is 15.3. The SMILES string of the molecule is COc1ccccc1C(=O)CN1CCC(CN2Cc3ccccc3C2=O)CC1.O=C(O)/C=C/C(=O)O. The summed E-state index contributed by atoms with van der Waals surface area (Å²) in [4.78, 5) is 48.5. The fraction of sp³-hybridized carbons (Fsp3) is 0.333. The lowest BCUT2D eigenvalue weighted by Crippen LogP contribution is -2.41. The number of Topliss-reactive ketones (excluding diaryl/α,β-unsaturated/α-hetero) is 1. The van der Waals surface area contributed by atoms with E-state index >= 15 is 0 Å². The summed E-state index contributed by atoms with van der Waals surface area (Å²) in [6.45, 7) is 3.73. The number of likely N-dealkylation sites (tertiary alicyclic amines) is 1. The molecule has 9 heteroatoms. The summed E-state index contributed by atoms with van der Waals surface area (Å²) in [5.41, 5.74) is 2.63. The molecule has 0 unspecified atom stereocenters. The van der Waals surface area contributed by atoms with Gasteiger partial charge in [0.2, 0.25) is 0 Å². The van der Waals surface area contributed by atoms with Gasteiger partial charge in [-0.1, -0.05) is 30.3 Å².